The molecule has 0 atom stereocenters. The van der Waals surface area contributed by atoms with Crippen molar-refractivity contribution in [1.82, 2.24) is 9.88 Å². The van der Waals surface area contributed by atoms with E-state index >= 15 is 0 Å². The minimum Gasteiger partial charge on any atom is -0.484 e. The molecule has 1 aromatic carbocycles. The molecule has 0 aliphatic carbocycles. The molecule has 2 rings (SSSR count). The van der Waals surface area contributed by atoms with Crippen molar-refractivity contribution in [3.05, 3.63) is 45.4 Å². The first-order chi connectivity index (χ1) is 13.0. The molecule has 0 aliphatic rings. The van der Waals surface area contributed by atoms with Gasteiger partial charge in [0.15, 0.2) is 12.3 Å². The topological polar surface area (TPSA) is 78.0 Å². The molecule has 0 spiro atoms. The first kappa shape index (κ1) is 21.1. The van der Waals surface area contributed by atoms with Crippen LogP contribution in [-0.4, -0.2) is 55.7 Å². The molecule has 1 aromatic heterocycles. The van der Waals surface area contributed by atoms with Gasteiger partial charge in [-0.25, -0.2) is 9.78 Å². The highest BCUT2D eigenvalue weighted by Crippen LogP contribution is 2.17. The SMILES string of the molecule is COCCCN(Cc1nc(C(=O)OC)cs1)C(=O)COc1ccc(Cl)cc1. The molecule has 146 valence electrons. The monoisotopic (exact) mass is 412 g/mol. The van der Waals surface area contributed by atoms with E-state index in [1.165, 1.54) is 18.4 Å². The molecule has 0 bridgehead atoms. The number of esters is 1. The van der Waals surface area contributed by atoms with E-state index in [-0.39, 0.29) is 24.8 Å². The number of nitrogens with zero attached hydrogens (tertiary/aromatic N) is 2. The summed E-state index contributed by atoms with van der Waals surface area (Å²) in [4.78, 5) is 30.0. The maximum Gasteiger partial charge on any atom is 0.357 e. The van der Waals surface area contributed by atoms with E-state index < -0.39 is 5.97 Å². The van der Waals surface area contributed by atoms with Crippen molar-refractivity contribution in [3.8, 4) is 5.75 Å². The first-order valence-corrected chi connectivity index (χ1v) is 9.47. The van der Waals surface area contributed by atoms with Crippen molar-refractivity contribution in [2.75, 3.05) is 34.0 Å². The van der Waals surface area contributed by atoms with Gasteiger partial charge < -0.3 is 19.1 Å². The van der Waals surface area contributed by atoms with Crippen LogP contribution in [0.3, 0.4) is 0 Å². The van der Waals surface area contributed by atoms with E-state index in [0.717, 1.165) is 0 Å². The molecule has 0 saturated heterocycles. The third-order valence-corrected chi connectivity index (χ3v) is 4.66. The van der Waals surface area contributed by atoms with Crippen LogP contribution >= 0.6 is 22.9 Å². The Balaban J connectivity index is 1.98. The fourth-order valence-electron chi connectivity index (χ4n) is 2.20. The number of hydrogen-bond acceptors (Lipinski definition) is 7. The fraction of sp³-hybridized carbons (Fsp3) is 0.389. The third-order valence-electron chi connectivity index (χ3n) is 3.58. The molecule has 0 fully saturated rings. The Morgan fingerprint density at radius 2 is 1.96 bits per heavy atom. The lowest BCUT2D eigenvalue weighted by molar-refractivity contribution is -0.134. The lowest BCUT2D eigenvalue weighted by Gasteiger charge is -2.21. The van der Waals surface area contributed by atoms with Crippen LogP contribution in [0.25, 0.3) is 0 Å². The molecule has 0 saturated carbocycles. The minimum absolute atomic E-state index is 0.107. The largest absolute Gasteiger partial charge is 0.484 e. The molecule has 0 aliphatic heterocycles. The Bertz CT molecular complexity index is 750. The molecule has 27 heavy (non-hydrogen) atoms. The summed E-state index contributed by atoms with van der Waals surface area (Å²) in [6.45, 7) is 1.20. The first-order valence-electron chi connectivity index (χ1n) is 8.21. The normalized spacial score (nSPS) is 10.5. The summed E-state index contributed by atoms with van der Waals surface area (Å²) in [5.74, 6) is -0.122. The second-order valence-electron chi connectivity index (χ2n) is 5.52. The van der Waals surface area contributed by atoms with E-state index in [2.05, 4.69) is 9.72 Å². The number of methoxy groups -OCH3 is 2. The number of amides is 1. The Kier molecular flexibility index (Phi) is 8.50. The summed E-state index contributed by atoms with van der Waals surface area (Å²) in [6.07, 6.45) is 0.679. The van der Waals surface area contributed by atoms with Gasteiger partial charge in [-0.05, 0) is 30.7 Å². The molecule has 0 radical (unpaired) electrons. The zero-order chi connectivity index (χ0) is 19.6. The average molecular weight is 413 g/mol. The highest BCUT2D eigenvalue weighted by atomic mass is 35.5. The predicted molar refractivity (Wildman–Crippen MR) is 102 cm³/mol. The minimum atomic E-state index is -0.499. The third kappa shape index (κ3) is 6.82. The molecule has 0 N–H and O–H groups in total. The van der Waals surface area contributed by atoms with Crippen LogP contribution in [0.2, 0.25) is 5.02 Å². The van der Waals surface area contributed by atoms with Gasteiger partial charge in [0.2, 0.25) is 0 Å². The number of carbonyl (C=O) groups is 2. The van der Waals surface area contributed by atoms with Crippen LogP contribution in [0.5, 0.6) is 5.75 Å². The van der Waals surface area contributed by atoms with Gasteiger partial charge in [-0.3, -0.25) is 4.79 Å². The van der Waals surface area contributed by atoms with E-state index in [0.29, 0.717) is 35.4 Å². The molecule has 9 heteroatoms. The van der Waals surface area contributed by atoms with Gasteiger partial charge in [0.1, 0.15) is 10.8 Å². The Hall–Kier alpha value is -2.16. The van der Waals surface area contributed by atoms with Gasteiger partial charge in [-0.2, -0.15) is 0 Å². The molecular formula is C18H21ClN2O5S. The van der Waals surface area contributed by atoms with Gasteiger partial charge in [-0.15, -0.1) is 11.3 Å². The number of ether oxygens (including phenoxy) is 3. The summed E-state index contributed by atoms with van der Waals surface area (Å²) >= 11 is 7.14. The lowest BCUT2D eigenvalue weighted by Crippen LogP contribution is -2.35. The maximum atomic E-state index is 12.6. The summed E-state index contributed by atoms with van der Waals surface area (Å²) in [5.41, 5.74) is 0.235. The molecule has 1 heterocycles. The average Bonchev–Trinajstić information content (AvgIpc) is 3.14. The number of rotatable bonds is 10. The van der Waals surface area contributed by atoms with Crippen molar-refractivity contribution in [2.24, 2.45) is 0 Å². The van der Waals surface area contributed by atoms with E-state index in [1.807, 2.05) is 0 Å². The number of hydrogen-bond donors (Lipinski definition) is 0. The number of halogens is 1. The lowest BCUT2D eigenvalue weighted by atomic mass is 10.3. The van der Waals surface area contributed by atoms with E-state index in [9.17, 15) is 9.59 Å². The highest BCUT2D eigenvalue weighted by Gasteiger charge is 2.18. The van der Waals surface area contributed by atoms with Crippen LogP contribution in [0.15, 0.2) is 29.6 Å². The van der Waals surface area contributed by atoms with E-state index in [4.69, 9.17) is 21.1 Å². The van der Waals surface area contributed by atoms with Crippen molar-refractivity contribution in [2.45, 2.75) is 13.0 Å². The van der Waals surface area contributed by atoms with Gasteiger partial charge in [-0.1, -0.05) is 11.6 Å². The van der Waals surface area contributed by atoms with Gasteiger partial charge in [0, 0.05) is 30.7 Å². The highest BCUT2D eigenvalue weighted by molar-refractivity contribution is 7.09. The summed E-state index contributed by atoms with van der Waals surface area (Å²) in [5, 5.41) is 2.86. The smallest absolute Gasteiger partial charge is 0.357 e. The van der Waals surface area contributed by atoms with Crippen molar-refractivity contribution in [1.29, 1.82) is 0 Å². The molecular weight excluding hydrogens is 392 g/mol. The predicted octanol–water partition coefficient (Wildman–Crippen LogP) is 3.03. The summed E-state index contributed by atoms with van der Waals surface area (Å²) in [6, 6.07) is 6.80. The van der Waals surface area contributed by atoms with Crippen molar-refractivity contribution >= 4 is 34.8 Å². The maximum absolute atomic E-state index is 12.6. The van der Waals surface area contributed by atoms with Crippen LogP contribution in [0, 0.1) is 0 Å². The fourth-order valence-corrected chi connectivity index (χ4v) is 3.11. The molecule has 1 amide bonds. The van der Waals surface area contributed by atoms with Crippen LogP contribution in [0.4, 0.5) is 0 Å². The van der Waals surface area contributed by atoms with Crippen molar-refractivity contribution in [3.63, 3.8) is 0 Å². The number of aromatic nitrogens is 1. The molecule has 2 aromatic rings. The summed E-state index contributed by atoms with van der Waals surface area (Å²) in [7, 11) is 2.91. The quantitative estimate of drug-likeness (QED) is 0.441. The molecule has 7 nitrogen and oxygen atoms in total. The van der Waals surface area contributed by atoms with Gasteiger partial charge in [0.05, 0.1) is 13.7 Å². The Morgan fingerprint density at radius 1 is 1.22 bits per heavy atom. The van der Waals surface area contributed by atoms with Gasteiger partial charge >= 0.3 is 5.97 Å². The summed E-state index contributed by atoms with van der Waals surface area (Å²) < 4.78 is 15.2. The van der Waals surface area contributed by atoms with Crippen LogP contribution in [-0.2, 0) is 20.8 Å². The zero-order valence-corrected chi connectivity index (χ0v) is 16.7. The zero-order valence-electron chi connectivity index (χ0n) is 15.1. The number of thiazole rings is 1. The number of benzene rings is 1. The second-order valence-corrected chi connectivity index (χ2v) is 6.90. The standard InChI is InChI=1S/C18H21ClN2O5S/c1-24-9-3-8-21(10-16-20-15(12-27-16)18(23)25-2)17(22)11-26-14-6-4-13(19)5-7-14/h4-7,12H,3,8-11H2,1-2H3. The Labute approximate surface area is 166 Å². The van der Waals surface area contributed by atoms with Gasteiger partial charge in [0.25, 0.3) is 5.91 Å². The van der Waals surface area contributed by atoms with Crippen LogP contribution in [0.1, 0.15) is 21.9 Å². The van der Waals surface area contributed by atoms with E-state index in [1.54, 1.807) is 41.7 Å². The number of carbonyl (C=O) groups excluding carboxylic acids is 2. The van der Waals surface area contributed by atoms with Crippen LogP contribution < -0.4 is 4.74 Å². The molecule has 0 unspecified atom stereocenters. The van der Waals surface area contributed by atoms with Crippen molar-refractivity contribution < 1.29 is 23.8 Å². The second kappa shape index (κ2) is 10.9. The Morgan fingerprint density at radius 3 is 2.63 bits per heavy atom.